The lowest BCUT2D eigenvalue weighted by Gasteiger charge is -2.23. The van der Waals surface area contributed by atoms with Crippen molar-refractivity contribution in [1.82, 2.24) is 5.32 Å². The van der Waals surface area contributed by atoms with Crippen LogP contribution in [0.4, 0.5) is 4.79 Å². The Labute approximate surface area is 118 Å². The summed E-state index contributed by atoms with van der Waals surface area (Å²) >= 11 is 0. The molecule has 0 saturated heterocycles. The zero-order chi connectivity index (χ0) is 15.8. The number of aliphatic carboxylic acids is 1. The number of carboxylic acid groups (broad SMARTS) is 1. The fraction of sp³-hybridized carbons (Fsp3) is 0.769. The van der Waals surface area contributed by atoms with Crippen molar-refractivity contribution in [2.24, 2.45) is 0 Å². The molecule has 0 aromatic rings. The van der Waals surface area contributed by atoms with Crippen LogP contribution < -0.4 is 5.32 Å². The van der Waals surface area contributed by atoms with Crippen molar-refractivity contribution < 1.29 is 29.0 Å². The van der Waals surface area contributed by atoms with Gasteiger partial charge in [-0.05, 0) is 27.2 Å². The first-order valence-corrected chi connectivity index (χ1v) is 6.51. The van der Waals surface area contributed by atoms with Crippen molar-refractivity contribution in [3.05, 3.63) is 0 Å². The first-order valence-electron chi connectivity index (χ1n) is 6.51. The minimum absolute atomic E-state index is 0.0560. The Balaban J connectivity index is 4.01. The van der Waals surface area contributed by atoms with Gasteiger partial charge in [0.1, 0.15) is 12.0 Å². The first-order chi connectivity index (χ1) is 9.14. The molecule has 0 bridgehead atoms. The van der Waals surface area contributed by atoms with Gasteiger partial charge in [0.2, 0.25) is 0 Å². The number of carbonyl (C=O) groups is 3. The van der Waals surface area contributed by atoms with Crippen LogP contribution in [0.25, 0.3) is 0 Å². The molecule has 0 aliphatic rings. The highest BCUT2D eigenvalue weighted by atomic mass is 16.6. The molecular weight excluding hydrogens is 266 g/mol. The third-order valence-electron chi connectivity index (χ3n) is 2.24. The average molecular weight is 289 g/mol. The standard InChI is InChI=1S/C13H23NO6/c1-5-9(14-12(18)20-13(2,3)4)6-7-19-11(17)8-10(15)16/h9H,5-8H2,1-4H3,(H,14,18)(H,15,16). The molecule has 2 N–H and O–H groups in total. The summed E-state index contributed by atoms with van der Waals surface area (Å²) in [5.41, 5.74) is -0.573. The van der Waals surface area contributed by atoms with E-state index in [1.165, 1.54) is 0 Å². The summed E-state index contributed by atoms with van der Waals surface area (Å²) in [5, 5.41) is 11.1. The van der Waals surface area contributed by atoms with Crippen LogP contribution in [0.3, 0.4) is 0 Å². The number of hydrogen-bond donors (Lipinski definition) is 2. The summed E-state index contributed by atoms with van der Waals surface area (Å²) < 4.78 is 9.87. The number of carboxylic acids is 1. The molecule has 20 heavy (non-hydrogen) atoms. The van der Waals surface area contributed by atoms with Gasteiger partial charge in [0.15, 0.2) is 0 Å². The highest BCUT2D eigenvalue weighted by molar-refractivity contribution is 5.90. The van der Waals surface area contributed by atoms with Gasteiger partial charge in [0.05, 0.1) is 6.61 Å². The van der Waals surface area contributed by atoms with Crippen LogP contribution in [-0.2, 0) is 19.1 Å². The largest absolute Gasteiger partial charge is 0.481 e. The second-order valence-electron chi connectivity index (χ2n) is 5.33. The van der Waals surface area contributed by atoms with E-state index in [0.717, 1.165) is 0 Å². The Morgan fingerprint density at radius 2 is 1.85 bits per heavy atom. The first kappa shape index (κ1) is 18.2. The van der Waals surface area contributed by atoms with Crippen LogP contribution >= 0.6 is 0 Å². The number of alkyl carbamates (subject to hydrolysis) is 1. The van der Waals surface area contributed by atoms with E-state index in [-0.39, 0.29) is 12.6 Å². The lowest BCUT2D eigenvalue weighted by molar-refractivity contribution is -0.151. The van der Waals surface area contributed by atoms with Crippen molar-refractivity contribution in [2.45, 2.75) is 58.6 Å². The molecule has 0 fully saturated rings. The molecule has 0 rings (SSSR count). The zero-order valence-corrected chi connectivity index (χ0v) is 12.4. The van der Waals surface area contributed by atoms with E-state index in [9.17, 15) is 14.4 Å². The van der Waals surface area contributed by atoms with Crippen molar-refractivity contribution in [2.75, 3.05) is 6.61 Å². The smallest absolute Gasteiger partial charge is 0.407 e. The number of ether oxygens (including phenoxy) is 2. The number of amides is 1. The fourth-order valence-electron chi connectivity index (χ4n) is 1.34. The van der Waals surface area contributed by atoms with E-state index in [0.29, 0.717) is 12.8 Å². The van der Waals surface area contributed by atoms with Crippen LogP contribution in [0.1, 0.15) is 47.0 Å². The SMILES string of the molecule is CCC(CCOC(=O)CC(=O)O)NC(=O)OC(C)(C)C. The maximum absolute atomic E-state index is 11.6. The Morgan fingerprint density at radius 3 is 2.30 bits per heavy atom. The topological polar surface area (TPSA) is 102 Å². The van der Waals surface area contributed by atoms with Crippen LogP contribution in [0.15, 0.2) is 0 Å². The van der Waals surface area contributed by atoms with Crippen LogP contribution in [0, 0.1) is 0 Å². The number of hydrogen-bond acceptors (Lipinski definition) is 5. The van der Waals surface area contributed by atoms with Gasteiger partial charge in [-0.3, -0.25) is 9.59 Å². The van der Waals surface area contributed by atoms with E-state index in [1.54, 1.807) is 20.8 Å². The summed E-state index contributed by atoms with van der Waals surface area (Å²) in [6.07, 6.45) is -0.131. The summed E-state index contributed by atoms with van der Waals surface area (Å²) in [6, 6.07) is -0.192. The summed E-state index contributed by atoms with van der Waals surface area (Å²) in [7, 11) is 0. The molecule has 0 radical (unpaired) electrons. The van der Waals surface area contributed by atoms with Crippen molar-refractivity contribution >= 4 is 18.0 Å². The van der Waals surface area contributed by atoms with Gasteiger partial charge in [-0.15, -0.1) is 0 Å². The number of esters is 1. The third-order valence-corrected chi connectivity index (χ3v) is 2.24. The highest BCUT2D eigenvalue weighted by Gasteiger charge is 2.19. The predicted molar refractivity (Wildman–Crippen MR) is 71.3 cm³/mol. The Kier molecular flexibility index (Phi) is 7.64. The molecule has 1 amide bonds. The maximum atomic E-state index is 11.6. The molecule has 0 aliphatic heterocycles. The van der Waals surface area contributed by atoms with E-state index in [4.69, 9.17) is 14.6 Å². The van der Waals surface area contributed by atoms with E-state index in [1.807, 2.05) is 6.92 Å². The minimum atomic E-state index is -1.23. The number of carbonyl (C=O) groups excluding carboxylic acids is 2. The van der Waals surface area contributed by atoms with Crippen molar-refractivity contribution in [3.63, 3.8) is 0 Å². The van der Waals surface area contributed by atoms with Crippen LogP contribution in [-0.4, -0.2) is 41.4 Å². The van der Waals surface area contributed by atoms with Crippen molar-refractivity contribution in [3.8, 4) is 0 Å². The fourth-order valence-corrected chi connectivity index (χ4v) is 1.34. The molecular formula is C13H23NO6. The maximum Gasteiger partial charge on any atom is 0.407 e. The van der Waals surface area contributed by atoms with E-state index < -0.39 is 30.1 Å². The Hall–Kier alpha value is -1.79. The molecule has 0 spiro atoms. The van der Waals surface area contributed by atoms with Gasteiger partial charge in [-0.1, -0.05) is 6.92 Å². The molecule has 7 heteroatoms. The average Bonchev–Trinajstić information content (AvgIpc) is 2.23. The lowest BCUT2D eigenvalue weighted by Crippen LogP contribution is -2.39. The summed E-state index contributed by atoms with van der Waals surface area (Å²) in [4.78, 5) is 32.8. The van der Waals surface area contributed by atoms with E-state index in [2.05, 4.69) is 5.32 Å². The Morgan fingerprint density at radius 1 is 1.25 bits per heavy atom. The molecule has 0 aliphatic carbocycles. The van der Waals surface area contributed by atoms with Gasteiger partial charge >= 0.3 is 18.0 Å². The monoisotopic (exact) mass is 289 g/mol. The van der Waals surface area contributed by atoms with Gasteiger partial charge in [-0.2, -0.15) is 0 Å². The van der Waals surface area contributed by atoms with Gasteiger partial charge in [-0.25, -0.2) is 4.79 Å². The number of nitrogens with one attached hydrogen (secondary N) is 1. The van der Waals surface area contributed by atoms with Gasteiger partial charge in [0, 0.05) is 12.5 Å². The van der Waals surface area contributed by atoms with Crippen LogP contribution in [0.5, 0.6) is 0 Å². The molecule has 7 nitrogen and oxygen atoms in total. The second-order valence-corrected chi connectivity index (χ2v) is 5.33. The normalized spacial score (nSPS) is 12.4. The Bertz CT molecular complexity index is 347. The molecule has 116 valence electrons. The predicted octanol–water partition coefficient (Wildman–Crippen LogP) is 1.70. The second kappa shape index (κ2) is 8.39. The van der Waals surface area contributed by atoms with E-state index >= 15 is 0 Å². The zero-order valence-electron chi connectivity index (χ0n) is 12.4. The lowest BCUT2D eigenvalue weighted by atomic mass is 10.1. The molecule has 1 unspecified atom stereocenters. The number of rotatable bonds is 7. The minimum Gasteiger partial charge on any atom is -0.481 e. The van der Waals surface area contributed by atoms with Gasteiger partial charge < -0.3 is 19.9 Å². The summed E-state index contributed by atoms with van der Waals surface area (Å²) in [6.45, 7) is 7.23. The van der Waals surface area contributed by atoms with Crippen molar-refractivity contribution in [1.29, 1.82) is 0 Å². The van der Waals surface area contributed by atoms with Crippen LogP contribution in [0.2, 0.25) is 0 Å². The molecule has 0 saturated carbocycles. The molecule has 0 aromatic carbocycles. The molecule has 1 atom stereocenters. The summed E-state index contributed by atoms with van der Waals surface area (Å²) in [5.74, 6) is -2.02. The molecule has 0 heterocycles. The third kappa shape index (κ3) is 10.2. The highest BCUT2D eigenvalue weighted by Crippen LogP contribution is 2.08. The molecule has 0 aromatic heterocycles. The van der Waals surface area contributed by atoms with Gasteiger partial charge in [0.25, 0.3) is 0 Å². The quantitative estimate of drug-likeness (QED) is 0.546.